The Labute approximate surface area is 110 Å². The molecule has 18 heavy (non-hydrogen) atoms. The van der Waals surface area contributed by atoms with E-state index < -0.39 is 0 Å². The van der Waals surface area contributed by atoms with Crippen molar-refractivity contribution in [2.24, 2.45) is 5.92 Å². The van der Waals surface area contributed by atoms with Crippen molar-refractivity contribution in [1.29, 1.82) is 0 Å². The number of nitrogen functional groups attached to an aromatic ring is 1. The van der Waals surface area contributed by atoms with Crippen LogP contribution in [0.3, 0.4) is 0 Å². The van der Waals surface area contributed by atoms with Crippen molar-refractivity contribution in [2.75, 3.05) is 23.8 Å². The van der Waals surface area contributed by atoms with Crippen LogP contribution in [0.4, 0.5) is 11.4 Å². The molecule has 100 valence electrons. The molecule has 3 heteroatoms. The molecule has 2 rings (SSSR count). The van der Waals surface area contributed by atoms with Crippen molar-refractivity contribution in [3.05, 3.63) is 18.2 Å². The summed E-state index contributed by atoms with van der Waals surface area (Å²) in [5, 5.41) is 0. The summed E-state index contributed by atoms with van der Waals surface area (Å²) in [6.07, 6.45) is 2.57. The molecular formula is C15H24N2O. The molecule has 0 saturated carbocycles. The fraction of sp³-hybridized carbons (Fsp3) is 0.600. The molecule has 1 aromatic carbocycles. The van der Waals surface area contributed by atoms with Crippen LogP contribution in [-0.2, 0) is 0 Å². The van der Waals surface area contributed by atoms with E-state index in [4.69, 9.17) is 10.5 Å². The molecule has 1 aliphatic heterocycles. The first-order valence-electron chi connectivity index (χ1n) is 6.90. The summed E-state index contributed by atoms with van der Waals surface area (Å²) in [7, 11) is 0. The van der Waals surface area contributed by atoms with E-state index in [1.165, 1.54) is 18.5 Å². The number of nitrogens with two attached hydrogens (primary N) is 1. The van der Waals surface area contributed by atoms with Gasteiger partial charge in [-0.15, -0.1) is 0 Å². The number of benzene rings is 1. The maximum atomic E-state index is 5.97. The molecular weight excluding hydrogens is 224 g/mol. The quantitative estimate of drug-likeness (QED) is 0.834. The lowest BCUT2D eigenvalue weighted by atomic mass is 9.94. The Kier molecular flexibility index (Phi) is 4.00. The summed E-state index contributed by atoms with van der Waals surface area (Å²) in [5.41, 5.74) is 7.94. The first kappa shape index (κ1) is 13.1. The van der Waals surface area contributed by atoms with Crippen LogP contribution in [-0.4, -0.2) is 19.2 Å². The lowest BCUT2D eigenvalue weighted by molar-refractivity contribution is 0.339. The highest BCUT2D eigenvalue weighted by molar-refractivity contribution is 5.61. The van der Waals surface area contributed by atoms with Crippen LogP contribution in [0.2, 0.25) is 0 Å². The number of nitrogens with zero attached hydrogens (tertiary/aromatic N) is 1. The highest BCUT2D eigenvalue weighted by Gasteiger charge is 2.23. The van der Waals surface area contributed by atoms with E-state index in [0.29, 0.717) is 12.6 Å². The van der Waals surface area contributed by atoms with E-state index in [0.717, 1.165) is 23.9 Å². The van der Waals surface area contributed by atoms with Crippen LogP contribution >= 0.6 is 0 Å². The van der Waals surface area contributed by atoms with E-state index in [1.807, 2.05) is 13.0 Å². The lowest BCUT2D eigenvalue weighted by Gasteiger charge is -2.38. The van der Waals surface area contributed by atoms with Gasteiger partial charge in [-0.25, -0.2) is 0 Å². The SMILES string of the molecule is CCOc1cc(N)cc(N2CC(C)CCC2C)c1. The molecule has 1 fully saturated rings. The van der Waals surface area contributed by atoms with Gasteiger partial charge in [0, 0.05) is 36.1 Å². The third-order valence-corrected chi connectivity index (χ3v) is 3.67. The summed E-state index contributed by atoms with van der Waals surface area (Å²) in [5.74, 6) is 1.62. The molecule has 0 bridgehead atoms. The molecule has 0 aliphatic carbocycles. The van der Waals surface area contributed by atoms with Gasteiger partial charge in [0.15, 0.2) is 0 Å². The van der Waals surface area contributed by atoms with Gasteiger partial charge >= 0.3 is 0 Å². The number of hydrogen-bond acceptors (Lipinski definition) is 3. The molecule has 1 heterocycles. The maximum Gasteiger partial charge on any atom is 0.123 e. The van der Waals surface area contributed by atoms with E-state index in [2.05, 4.69) is 30.9 Å². The second kappa shape index (κ2) is 5.51. The standard InChI is InChI=1S/C15H24N2O/c1-4-18-15-8-13(16)7-14(9-15)17-10-11(2)5-6-12(17)3/h7-9,11-12H,4-6,10,16H2,1-3H3. The van der Waals surface area contributed by atoms with Crippen molar-refractivity contribution >= 4 is 11.4 Å². The monoisotopic (exact) mass is 248 g/mol. The predicted octanol–water partition coefficient (Wildman–Crippen LogP) is 3.29. The fourth-order valence-electron chi connectivity index (χ4n) is 2.67. The Bertz CT molecular complexity index is 405. The van der Waals surface area contributed by atoms with Gasteiger partial charge in [0.2, 0.25) is 0 Å². The third kappa shape index (κ3) is 2.89. The van der Waals surface area contributed by atoms with E-state index >= 15 is 0 Å². The molecule has 1 aromatic rings. The van der Waals surface area contributed by atoms with Gasteiger partial charge < -0.3 is 15.4 Å². The molecule has 2 unspecified atom stereocenters. The average molecular weight is 248 g/mol. The zero-order chi connectivity index (χ0) is 13.1. The summed E-state index contributed by atoms with van der Waals surface area (Å²) in [6, 6.07) is 6.63. The molecule has 3 nitrogen and oxygen atoms in total. The second-order valence-corrected chi connectivity index (χ2v) is 5.38. The normalized spacial score (nSPS) is 24.1. The van der Waals surface area contributed by atoms with Crippen LogP contribution in [0.1, 0.15) is 33.6 Å². The number of piperidine rings is 1. The second-order valence-electron chi connectivity index (χ2n) is 5.38. The molecule has 0 amide bonds. The van der Waals surface area contributed by atoms with E-state index in [1.54, 1.807) is 0 Å². The van der Waals surface area contributed by atoms with Gasteiger partial charge in [-0.3, -0.25) is 0 Å². The zero-order valence-corrected chi connectivity index (χ0v) is 11.6. The largest absolute Gasteiger partial charge is 0.494 e. The van der Waals surface area contributed by atoms with Crippen LogP contribution in [0.5, 0.6) is 5.75 Å². The van der Waals surface area contributed by atoms with Gasteiger partial charge in [0.25, 0.3) is 0 Å². The first-order chi connectivity index (χ1) is 8.60. The molecule has 1 saturated heterocycles. The van der Waals surface area contributed by atoms with Crippen molar-refractivity contribution < 1.29 is 4.74 Å². The van der Waals surface area contributed by atoms with Gasteiger partial charge in [-0.05, 0) is 38.7 Å². The number of hydrogen-bond donors (Lipinski definition) is 1. The minimum absolute atomic E-state index is 0.581. The average Bonchev–Trinajstić information content (AvgIpc) is 2.32. The molecule has 2 N–H and O–H groups in total. The highest BCUT2D eigenvalue weighted by Crippen LogP contribution is 2.31. The smallest absolute Gasteiger partial charge is 0.123 e. The summed E-state index contributed by atoms with van der Waals surface area (Å²) >= 11 is 0. The number of rotatable bonds is 3. The predicted molar refractivity (Wildman–Crippen MR) is 77.2 cm³/mol. The Balaban J connectivity index is 2.25. The zero-order valence-electron chi connectivity index (χ0n) is 11.6. The van der Waals surface area contributed by atoms with Gasteiger partial charge in [0.05, 0.1) is 6.61 Å². The summed E-state index contributed by atoms with van der Waals surface area (Å²) in [6.45, 7) is 8.38. The minimum Gasteiger partial charge on any atom is -0.494 e. The van der Waals surface area contributed by atoms with E-state index in [-0.39, 0.29) is 0 Å². The minimum atomic E-state index is 0.581. The number of anilines is 2. The Hall–Kier alpha value is -1.38. The molecule has 0 spiro atoms. The Morgan fingerprint density at radius 1 is 1.28 bits per heavy atom. The third-order valence-electron chi connectivity index (χ3n) is 3.67. The summed E-state index contributed by atoms with van der Waals surface area (Å²) in [4.78, 5) is 2.45. The van der Waals surface area contributed by atoms with Crippen molar-refractivity contribution in [1.82, 2.24) is 0 Å². The van der Waals surface area contributed by atoms with Crippen LogP contribution < -0.4 is 15.4 Å². The molecule has 1 aliphatic rings. The fourth-order valence-corrected chi connectivity index (χ4v) is 2.67. The van der Waals surface area contributed by atoms with Crippen LogP contribution in [0, 0.1) is 5.92 Å². The molecule has 0 radical (unpaired) electrons. The molecule has 2 atom stereocenters. The lowest BCUT2D eigenvalue weighted by Crippen LogP contribution is -2.41. The van der Waals surface area contributed by atoms with Crippen LogP contribution in [0.15, 0.2) is 18.2 Å². The topological polar surface area (TPSA) is 38.5 Å². The first-order valence-corrected chi connectivity index (χ1v) is 6.90. The van der Waals surface area contributed by atoms with E-state index in [9.17, 15) is 0 Å². The van der Waals surface area contributed by atoms with Gasteiger partial charge in [0.1, 0.15) is 5.75 Å². The van der Waals surface area contributed by atoms with Crippen molar-refractivity contribution in [2.45, 2.75) is 39.7 Å². The highest BCUT2D eigenvalue weighted by atomic mass is 16.5. The molecule has 0 aromatic heterocycles. The van der Waals surface area contributed by atoms with Crippen LogP contribution in [0.25, 0.3) is 0 Å². The Morgan fingerprint density at radius 2 is 2.06 bits per heavy atom. The van der Waals surface area contributed by atoms with Crippen molar-refractivity contribution in [3.63, 3.8) is 0 Å². The summed E-state index contributed by atoms with van der Waals surface area (Å²) < 4.78 is 5.57. The Morgan fingerprint density at radius 3 is 2.78 bits per heavy atom. The number of ether oxygens (including phenoxy) is 1. The maximum absolute atomic E-state index is 5.97. The van der Waals surface area contributed by atoms with Gasteiger partial charge in [-0.1, -0.05) is 6.92 Å². The van der Waals surface area contributed by atoms with Crippen molar-refractivity contribution in [3.8, 4) is 5.75 Å². The van der Waals surface area contributed by atoms with Gasteiger partial charge in [-0.2, -0.15) is 0 Å².